The van der Waals surface area contributed by atoms with Crippen molar-refractivity contribution in [3.05, 3.63) is 64.1 Å². The van der Waals surface area contributed by atoms with E-state index in [-0.39, 0.29) is 23.7 Å². The summed E-state index contributed by atoms with van der Waals surface area (Å²) in [6.07, 6.45) is 1.86. The zero-order valence-electron chi connectivity index (χ0n) is 20.8. The first-order valence-electron chi connectivity index (χ1n) is 12.2. The van der Waals surface area contributed by atoms with E-state index in [1.807, 2.05) is 13.8 Å². The molecule has 1 amide bonds. The van der Waals surface area contributed by atoms with E-state index in [2.05, 4.69) is 58.3 Å². The third-order valence-corrected chi connectivity index (χ3v) is 6.76. The predicted octanol–water partition coefficient (Wildman–Crippen LogP) is 4.29. The zero-order valence-corrected chi connectivity index (χ0v) is 20.8. The Balaban J connectivity index is 1.48. The molecule has 35 heavy (non-hydrogen) atoms. The smallest absolute Gasteiger partial charge is 0.407 e. The lowest BCUT2D eigenvalue weighted by Crippen LogP contribution is -2.49. The van der Waals surface area contributed by atoms with Crippen LogP contribution in [0.2, 0.25) is 0 Å². The highest BCUT2D eigenvalue weighted by Gasteiger charge is 2.26. The van der Waals surface area contributed by atoms with Crippen LogP contribution in [0.5, 0.6) is 0 Å². The lowest BCUT2D eigenvalue weighted by Gasteiger charge is -2.38. The minimum atomic E-state index is -0.841. The second-order valence-corrected chi connectivity index (χ2v) is 9.37. The molecule has 0 saturated carbocycles. The third kappa shape index (κ3) is 5.30. The van der Waals surface area contributed by atoms with Gasteiger partial charge in [0.05, 0.1) is 6.04 Å². The van der Waals surface area contributed by atoms with Crippen molar-refractivity contribution in [2.45, 2.75) is 52.2 Å². The van der Waals surface area contributed by atoms with Gasteiger partial charge in [-0.05, 0) is 44.4 Å². The summed E-state index contributed by atoms with van der Waals surface area (Å²) in [4.78, 5) is 36.5. The number of carboxylic acid groups (broad SMARTS) is 1. The van der Waals surface area contributed by atoms with Crippen molar-refractivity contribution < 1.29 is 9.90 Å². The molecule has 4 rings (SSSR count). The molecule has 1 saturated heterocycles. The number of aromatic nitrogens is 3. The molecule has 1 fully saturated rings. The van der Waals surface area contributed by atoms with Crippen LogP contribution in [0.1, 0.15) is 63.4 Å². The van der Waals surface area contributed by atoms with Gasteiger partial charge in [-0.1, -0.05) is 31.2 Å². The fraction of sp³-hybridized carbons (Fsp3) is 0.462. The van der Waals surface area contributed by atoms with Crippen molar-refractivity contribution in [3.63, 3.8) is 0 Å². The van der Waals surface area contributed by atoms with Crippen molar-refractivity contribution in [1.29, 1.82) is 0 Å². The van der Waals surface area contributed by atoms with E-state index >= 15 is 0 Å². The van der Waals surface area contributed by atoms with Gasteiger partial charge in [-0.2, -0.15) is 4.98 Å². The van der Waals surface area contributed by atoms with E-state index in [0.717, 1.165) is 30.5 Å². The average molecular weight is 479 g/mol. The van der Waals surface area contributed by atoms with Crippen molar-refractivity contribution in [2.24, 2.45) is 0 Å². The highest BCUT2D eigenvalue weighted by Crippen LogP contribution is 2.27. The number of benzene rings is 1. The lowest BCUT2D eigenvalue weighted by atomic mass is 9.98. The summed E-state index contributed by atoms with van der Waals surface area (Å²) < 4.78 is 1.68. The Morgan fingerprint density at radius 2 is 1.69 bits per heavy atom. The SMILES string of the molecule is CC[C@H](c1ccc([C@H](C)Nc2ncc3ccc(=O)n(C(C)C)c3n2)cc1)N1CCN(C(=O)O)CC1. The number of fused-ring (bicyclic) bond motifs is 1. The highest BCUT2D eigenvalue weighted by molar-refractivity contribution is 5.75. The molecule has 1 aliphatic rings. The van der Waals surface area contributed by atoms with Gasteiger partial charge < -0.3 is 15.3 Å². The number of nitrogens with one attached hydrogen (secondary N) is 1. The Labute approximate surface area is 205 Å². The Morgan fingerprint density at radius 3 is 2.29 bits per heavy atom. The third-order valence-electron chi connectivity index (χ3n) is 6.76. The van der Waals surface area contributed by atoms with E-state index < -0.39 is 6.09 Å². The summed E-state index contributed by atoms with van der Waals surface area (Å²) in [7, 11) is 0. The van der Waals surface area contributed by atoms with E-state index in [0.29, 0.717) is 24.7 Å². The van der Waals surface area contributed by atoms with Gasteiger partial charge in [0.2, 0.25) is 5.95 Å². The number of hydrogen-bond donors (Lipinski definition) is 2. The fourth-order valence-electron chi connectivity index (χ4n) is 4.82. The van der Waals surface area contributed by atoms with Gasteiger partial charge in [-0.3, -0.25) is 14.3 Å². The topological polar surface area (TPSA) is 104 Å². The molecule has 0 spiro atoms. The lowest BCUT2D eigenvalue weighted by molar-refractivity contribution is 0.0835. The zero-order chi connectivity index (χ0) is 25.1. The molecular formula is C26H34N6O3. The molecule has 1 aromatic carbocycles. The predicted molar refractivity (Wildman–Crippen MR) is 137 cm³/mol. The van der Waals surface area contributed by atoms with Crippen LogP contribution in [0, 0.1) is 0 Å². The molecule has 9 nitrogen and oxygen atoms in total. The summed E-state index contributed by atoms with van der Waals surface area (Å²) in [6.45, 7) is 10.7. The molecule has 186 valence electrons. The van der Waals surface area contributed by atoms with Crippen LogP contribution >= 0.6 is 0 Å². The number of anilines is 1. The molecule has 0 bridgehead atoms. The summed E-state index contributed by atoms with van der Waals surface area (Å²) in [5, 5.41) is 13.4. The molecule has 0 aliphatic carbocycles. The maximum Gasteiger partial charge on any atom is 0.407 e. The Hall–Kier alpha value is -3.46. The van der Waals surface area contributed by atoms with Crippen LogP contribution in [0.4, 0.5) is 10.7 Å². The van der Waals surface area contributed by atoms with Crippen molar-refractivity contribution in [1.82, 2.24) is 24.3 Å². The molecule has 0 radical (unpaired) electrons. The molecule has 3 heterocycles. The number of hydrogen-bond acceptors (Lipinski definition) is 6. The summed E-state index contributed by atoms with van der Waals surface area (Å²) in [5.74, 6) is 0.483. The van der Waals surface area contributed by atoms with Crippen LogP contribution in [-0.4, -0.2) is 61.7 Å². The minimum absolute atomic E-state index is 0.00228. The Kier molecular flexibility index (Phi) is 7.35. The number of pyridine rings is 1. The highest BCUT2D eigenvalue weighted by atomic mass is 16.4. The van der Waals surface area contributed by atoms with Crippen LogP contribution in [0.25, 0.3) is 11.0 Å². The Bertz CT molecular complexity index is 1230. The summed E-state index contributed by atoms with van der Waals surface area (Å²) in [6, 6.07) is 12.1. The molecular weight excluding hydrogens is 444 g/mol. The van der Waals surface area contributed by atoms with E-state index in [9.17, 15) is 14.7 Å². The molecule has 2 aromatic heterocycles. The molecule has 1 aliphatic heterocycles. The van der Waals surface area contributed by atoms with Crippen molar-refractivity contribution in [3.8, 4) is 0 Å². The molecule has 2 atom stereocenters. The first-order chi connectivity index (χ1) is 16.8. The standard InChI is InChI=1S/C26H34N6O3/c1-5-22(30-12-14-31(15-13-30)26(34)35)20-8-6-19(7-9-20)18(4)28-25-27-16-21-10-11-23(33)32(17(2)3)24(21)29-25/h6-11,16-18,22H,5,12-15H2,1-4H3,(H,34,35)(H,27,28,29)/t18-,22+/m0/s1. The second kappa shape index (κ2) is 10.4. The van der Waals surface area contributed by atoms with Gasteiger partial charge in [0.15, 0.2) is 0 Å². The van der Waals surface area contributed by atoms with Gasteiger partial charge in [-0.25, -0.2) is 9.78 Å². The largest absolute Gasteiger partial charge is 0.465 e. The Morgan fingerprint density at radius 1 is 1.03 bits per heavy atom. The number of amides is 1. The van der Waals surface area contributed by atoms with E-state index in [1.165, 1.54) is 10.5 Å². The molecule has 9 heteroatoms. The molecule has 3 aromatic rings. The fourth-order valence-corrected chi connectivity index (χ4v) is 4.82. The van der Waals surface area contributed by atoms with Gasteiger partial charge in [-0.15, -0.1) is 0 Å². The normalized spacial score (nSPS) is 16.4. The van der Waals surface area contributed by atoms with Crippen LogP contribution < -0.4 is 10.9 Å². The van der Waals surface area contributed by atoms with Crippen molar-refractivity contribution in [2.75, 3.05) is 31.5 Å². The quantitative estimate of drug-likeness (QED) is 0.522. The molecule has 0 unspecified atom stereocenters. The van der Waals surface area contributed by atoms with Gasteiger partial charge in [0, 0.05) is 55.9 Å². The van der Waals surface area contributed by atoms with Gasteiger partial charge in [0.1, 0.15) is 5.65 Å². The summed E-state index contributed by atoms with van der Waals surface area (Å²) >= 11 is 0. The van der Waals surface area contributed by atoms with E-state index in [1.54, 1.807) is 22.9 Å². The molecule has 2 N–H and O–H groups in total. The van der Waals surface area contributed by atoms with Crippen LogP contribution in [0.3, 0.4) is 0 Å². The van der Waals surface area contributed by atoms with Crippen LogP contribution in [-0.2, 0) is 0 Å². The minimum Gasteiger partial charge on any atom is -0.465 e. The maximum absolute atomic E-state index is 12.4. The number of nitrogens with zero attached hydrogens (tertiary/aromatic N) is 5. The monoisotopic (exact) mass is 478 g/mol. The van der Waals surface area contributed by atoms with Gasteiger partial charge >= 0.3 is 6.09 Å². The van der Waals surface area contributed by atoms with Gasteiger partial charge in [0.25, 0.3) is 5.56 Å². The van der Waals surface area contributed by atoms with E-state index in [4.69, 9.17) is 0 Å². The first kappa shape index (κ1) is 24.7. The maximum atomic E-state index is 12.4. The van der Waals surface area contributed by atoms with Crippen molar-refractivity contribution >= 4 is 23.1 Å². The first-order valence-corrected chi connectivity index (χ1v) is 12.2. The number of carbonyl (C=O) groups is 1. The number of piperazine rings is 1. The average Bonchev–Trinajstić information content (AvgIpc) is 2.84. The second-order valence-electron chi connectivity index (χ2n) is 9.37. The number of rotatable bonds is 7. The summed E-state index contributed by atoms with van der Waals surface area (Å²) in [5.41, 5.74) is 2.89. The van der Waals surface area contributed by atoms with Crippen LogP contribution in [0.15, 0.2) is 47.4 Å².